The SMILES string of the molecule is COC(=O)c1cc(NC(=O)COc2cccc(C(F)(F)F)c2)cc(C(=O)OC)c1. The van der Waals surface area contributed by atoms with Crippen molar-refractivity contribution in [2.24, 2.45) is 0 Å². The van der Waals surface area contributed by atoms with E-state index in [-0.39, 0.29) is 22.6 Å². The van der Waals surface area contributed by atoms with Gasteiger partial charge in [-0.2, -0.15) is 13.2 Å². The van der Waals surface area contributed by atoms with Crippen LogP contribution in [0, 0.1) is 0 Å². The number of ether oxygens (including phenoxy) is 3. The number of alkyl halides is 3. The normalized spacial score (nSPS) is 10.8. The van der Waals surface area contributed by atoms with Gasteiger partial charge in [0.15, 0.2) is 6.61 Å². The number of anilines is 1. The first-order chi connectivity index (χ1) is 13.6. The number of methoxy groups -OCH3 is 2. The van der Waals surface area contributed by atoms with Gasteiger partial charge in [-0.3, -0.25) is 4.79 Å². The average Bonchev–Trinajstić information content (AvgIpc) is 2.70. The molecule has 0 radical (unpaired) electrons. The van der Waals surface area contributed by atoms with Gasteiger partial charge in [0.25, 0.3) is 5.91 Å². The van der Waals surface area contributed by atoms with E-state index in [1.165, 1.54) is 24.3 Å². The van der Waals surface area contributed by atoms with Gasteiger partial charge in [0.2, 0.25) is 0 Å². The van der Waals surface area contributed by atoms with Crippen molar-refractivity contribution in [2.75, 3.05) is 26.1 Å². The third kappa shape index (κ3) is 5.96. The molecule has 0 aromatic heterocycles. The highest BCUT2D eigenvalue weighted by Crippen LogP contribution is 2.31. The minimum atomic E-state index is -4.54. The highest BCUT2D eigenvalue weighted by atomic mass is 19.4. The Morgan fingerprint density at radius 2 is 1.52 bits per heavy atom. The number of hydrogen-bond acceptors (Lipinski definition) is 6. The lowest BCUT2D eigenvalue weighted by Crippen LogP contribution is -2.21. The Morgan fingerprint density at radius 1 is 0.931 bits per heavy atom. The molecule has 2 rings (SSSR count). The first-order valence-corrected chi connectivity index (χ1v) is 8.05. The smallest absolute Gasteiger partial charge is 0.416 e. The lowest BCUT2D eigenvalue weighted by Gasteiger charge is -2.11. The van der Waals surface area contributed by atoms with E-state index in [1.807, 2.05) is 0 Å². The van der Waals surface area contributed by atoms with Gasteiger partial charge >= 0.3 is 18.1 Å². The van der Waals surface area contributed by atoms with Crippen molar-refractivity contribution in [2.45, 2.75) is 6.18 Å². The quantitative estimate of drug-likeness (QED) is 0.734. The van der Waals surface area contributed by atoms with E-state index in [0.29, 0.717) is 0 Å². The molecule has 1 amide bonds. The zero-order chi connectivity index (χ0) is 21.6. The maximum atomic E-state index is 12.7. The number of benzene rings is 2. The Kier molecular flexibility index (Phi) is 6.81. The molecule has 29 heavy (non-hydrogen) atoms. The summed E-state index contributed by atoms with van der Waals surface area (Å²) >= 11 is 0. The fraction of sp³-hybridized carbons (Fsp3) is 0.211. The molecule has 2 aromatic carbocycles. The molecule has 2 aromatic rings. The molecule has 0 spiro atoms. The fourth-order valence-electron chi connectivity index (χ4n) is 2.28. The number of carbonyl (C=O) groups is 3. The van der Waals surface area contributed by atoms with Crippen molar-refractivity contribution in [3.63, 3.8) is 0 Å². The Balaban J connectivity index is 2.12. The summed E-state index contributed by atoms with van der Waals surface area (Å²) in [5.74, 6) is -2.35. The third-order valence-corrected chi connectivity index (χ3v) is 3.59. The minimum Gasteiger partial charge on any atom is -0.484 e. The Labute approximate surface area is 163 Å². The van der Waals surface area contributed by atoms with Crippen LogP contribution in [0.15, 0.2) is 42.5 Å². The molecule has 0 atom stereocenters. The Bertz CT molecular complexity index is 892. The molecule has 1 N–H and O–H groups in total. The molecule has 0 unspecified atom stereocenters. The van der Waals surface area contributed by atoms with Crippen LogP contribution in [0.4, 0.5) is 18.9 Å². The summed E-state index contributed by atoms with van der Waals surface area (Å²) in [4.78, 5) is 35.5. The summed E-state index contributed by atoms with van der Waals surface area (Å²) in [6.07, 6.45) is -4.54. The predicted molar refractivity (Wildman–Crippen MR) is 94.7 cm³/mol. The summed E-state index contributed by atoms with van der Waals surface area (Å²) in [5.41, 5.74) is -0.858. The largest absolute Gasteiger partial charge is 0.484 e. The molecular formula is C19H16F3NO6. The van der Waals surface area contributed by atoms with Gasteiger partial charge in [0.1, 0.15) is 5.75 Å². The second-order valence-corrected chi connectivity index (χ2v) is 5.64. The van der Waals surface area contributed by atoms with E-state index in [0.717, 1.165) is 32.4 Å². The number of amides is 1. The maximum Gasteiger partial charge on any atom is 0.416 e. The number of carbonyl (C=O) groups excluding carboxylic acids is 3. The first-order valence-electron chi connectivity index (χ1n) is 8.05. The molecule has 10 heteroatoms. The number of hydrogen-bond donors (Lipinski definition) is 1. The predicted octanol–water partition coefficient (Wildman–Crippen LogP) is 3.30. The van der Waals surface area contributed by atoms with Crippen LogP contribution >= 0.6 is 0 Å². The lowest BCUT2D eigenvalue weighted by atomic mass is 10.1. The van der Waals surface area contributed by atoms with Crippen LogP contribution in [0.25, 0.3) is 0 Å². The van der Waals surface area contributed by atoms with Gasteiger partial charge in [0, 0.05) is 5.69 Å². The second-order valence-electron chi connectivity index (χ2n) is 5.64. The van der Waals surface area contributed by atoms with Gasteiger partial charge in [-0.1, -0.05) is 6.07 Å². The average molecular weight is 411 g/mol. The monoisotopic (exact) mass is 411 g/mol. The summed E-state index contributed by atoms with van der Waals surface area (Å²) in [6.45, 7) is -0.600. The van der Waals surface area contributed by atoms with Crippen LogP contribution in [-0.4, -0.2) is 38.7 Å². The zero-order valence-electron chi connectivity index (χ0n) is 15.3. The number of nitrogens with one attached hydrogen (secondary N) is 1. The van der Waals surface area contributed by atoms with Crippen LogP contribution in [0.1, 0.15) is 26.3 Å². The number of rotatable bonds is 6. The van der Waals surface area contributed by atoms with E-state index >= 15 is 0 Å². The Hall–Kier alpha value is -3.56. The molecule has 0 aliphatic heterocycles. The van der Waals surface area contributed by atoms with Crippen LogP contribution in [0.3, 0.4) is 0 Å². The molecule has 0 heterocycles. The van der Waals surface area contributed by atoms with Crippen molar-refractivity contribution >= 4 is 23.5 Å². The minimum absolute atomic E-state index is 0.00973. The fourth-order valence-corrected chi connectivity index (χ4v) is 2.28. The van der Waals surface area contributed by atoms with E-state index in [2.05, 4.69) is 14.8 Å². The van der Waals surface area contributed by atoms with Gasteiger partial charge in [-0.15, -0.1) is 0 Å². The maximum absolute atomic E-state index is 12.7. The van der Waals surface area contributed by atoms with Gasteiger partial charge in [-0.05, 0) is 36.4 Å². The van der Waals surface area contributed by atoms with Crippen molar-refractivity contribution in [3.8, 4) is 5.75 Å². The summed E-state index contributed by atoms with van der Waals surface area (Å²) in [7, 11) is 2.29. The molecule has 7 nitrogen and oxygen atoms in total. The molecule has 0 saturated heterocycles. The standard InChI is InChI=1S/C19H16F3NO6/c1-27-17(25)11-6-12(18(26)28-2)8-14(7-11)23-16(24)10-29-15-5-3-4-13(9-15)19(20,21)22/h3-9H,10H2,1-2H3,(H,23,24). The highest BCUT2D eigenvalue weighted by molar-refractivity contribution is 5.99. The van der Waals surface area contributed by atoms with Crippen LogP contribution in [0.2, 0.25) is 0 Å². The topological polar surface area (TPSA) is 90.9 Å². The van der Waals surface area contributed by atoms with E-state index in [1.54, 1.807) is 0 Å². The second kappa shape index (κ2) is 9.09. The molecule has 154 valence electrons. The molecular weight excluding hydrogens is 395 g/mol. The van der Waals surface area contributed by atoms with Gasteiger partial charge < -0.3 is 19.5 Å². The molecule has 0 aliphatic carbocycles. The van der Waals surface area contributed by atoms with E-state index < -0.39 is 36.2 Å². The molecule has 0 saturated carbocycles. The van der Waals surface area contributed by atoms with Crippen LogP contribution in [-0.2, 0) is 20.4 Å². The van der Waals surface area contributed by atoms with Crippen molar-refractivity contribution < 1.29 is 41.8 Å². The number of esters is 2. The number of halogens is 3. The molecule has 0 aliphatic rings. The summed E-state index contributed by atoms with van der Waals surface area (Å²) in [5, 5.41) is 2.39. The van der Waals surface area contributed by atoms with Crippen LogP contribution in [0.5, 0.6) is 5.75 Å². The zero-order valence-corrected chi connectivity index (χ0v) is 15.3. The highest BCUT2D eigenvalue weighted by Gasteiger charge is 2.30. The van der Waals surface area contributed by atoms with Crippen molar-refractivity contribution in [3.05, 3.63) is 59.2 Å². The van der Waals surface area contributed by atoms with Crippen LogP contribution < -0.4 is 10.1 Å². The van der Waals surface area contributed by atoms with Crippen molar-refractivity contribution in [1.29, 1.82) is 0 Å². The van der Waals surface area contributed by atoms with Gasteiger partial charge in [-0.25, -0.2) is 9.59 Å². The lowest BCUT2D eigenvalue weighted by molar-refractivity contribution is -0.137. The van der Waals surface area contributed by atoms with Crippen molar-refractivity contribution in [1.82, 2.24) is 0 Å². The third-order valence-electron chi connectivity index (χ3n) is 3.59. The molecule has 0 bridgehead atoms. The van der Waals surface area contributed by atoms with Gasteiger partial charge in [0.05, 0.1) is 30.9 Å². The van der Waals surface area contributed by atoms with E-state index in [4.69, 9.17) is 4.74 Å². The first kappa shape index (κ1) is 21.7. The molecule has 0 fully saturated rings. The Morgan fingerprint density at radius 3 is 2.03 bits per heavy atom. The summed E-state index contributed by atoms with van der Waals surface area (Å²) in [6, 6.07) is 7.82. The van der Waals surface area contributed by atoms with E-state index in [9.17, 15) is 27.6 Å². The summed E-state index contributed by atoms with van der Waals surface area (Å²) < 4.78 is 52.4.